The Hall–Kier alpha value is -3.58. The maximum absolute atomic E-state index is 12.5. The van der Waals surface area contributed by atoms with E-state index in [-0.39, 0.29) is 5.76 Å². The molecule has 4 aromatic rings. The quantitative estimate of drug-likeness (QED) is 0.244. The zero-order valence-corrected chi connectivity index (χ0v) is 19.0. The zero-order valence-electron chi connectivity index (χ0n) is 17.4. The standard InChI is InChI=1S/C25H21BrN2O4/c1-2-30-21-11-12-23-19(13-21)14-24(32-23)25(29)28-27-15-18-5-3-4-6-22(18)31-16-17-7-9-20(26)10-8-17/h3-15H,2,16H2,1H3,(H,28,29)/b27-15+. The molecule has 3 aromatic carbocycles. The molecule has 32 heavy (non-hydrogen) atoms. The molecule has 1 amide bonds. The summed E-state index contributed by atoms with van der Waals surface area (Å²) in [5, 5.41) is 4.86. The van der Waals surface area contributed by atoms with Crippen molar-refractivity contribution in [1.29, 1.82) is 0 Å². The van der Waals surface area contributed by atoms with E-state index in [2.05, 4.69) is 26.5 Å². The molecule has 6 nitrogen and oxygen atoms in total. The predicted octanol–water partition coefficient (Wildman–Crippen LogP) is 5.94. The summed E-state index contributed by atoms with van der Waals surface area (Å²) in [5.41, 5.74) is 4.90. The number of para-hydroxylation sites is 1. The minimum atomic E-state index is -0.441. The molecule has 0 fully saturated rings. The van der Waals surface area contributed by atoms with E-state index in [4.69, 9.17) is 13.9 Å². The molecular weight excluding hydrogens is 472 g/mol. The minimum absolute atomic E-state index is 0.172. The number of benzene rings is 3. The number of rotatable bonds is 8. The fourth-order valence-electron chi connectivity index (χ4n) is 3.07. The summed E-state index contributed by atoms with van der Waals surface area (Å²) in [6.45, 7) is 2.91. The highest BCUT2D eigenvalue weighted by molar-refractivity contribution is 9.10. The van der Waals surface area contributed by atoms with Gasteiger partial charge in [0, 0.05) is 15.4 Å². The molecular formula is C25H21BrN2O4. The van der Waals surface area contributed by atoms with Crippen LogP contribution in [-0.4, -0.2) is 18.7 Å². The number of hydrazone groups is 1. The van der Waals surface area contributed by atoms with E-state index in [1.54, 1.807) is 24.4 Å². The highest BCUT2D eigenvalue weighted by atomic mass is 79.9. The smallest absolute Gasteiger partial charge is 0.307 e. The van der Waals surface area contributed by atoms with Gasteiger partial charge in [-0.1, -0.05) is 40.2 Å². The van der Waals surface area contributed by atoms with E-state index in [0.29, 0.717) is 24.5 Å². The van der Waals surface area contributed by atoms with Gasteiger partial charge in [-0.25, -0.2) is 5.43 Å². The highest BCUT2D eigenvalue weighted by Gasteiger charge is 2.12. The van der Waals surface area contributed by atoms with Crippen LogP contribution in [0, 0.1) is 0 Å². The van der Waals surface area contributed by atoms with Gasteiger partial charge in [-0.05, 0) is 61.0 Å². The number of hydrogen-bond acceptors (Lipinski definition) is 5. The maximum Gasteiger partial charge on any atom is 0.307 e. The SMILES string of the molecule is CCOc1ccc2oc(C(=O)N/N=C/c3ccccc3OCc3ccc(Br)cc3)cc2c1. The Labute approximate surface area is 194 Å². The van der Waals surface area contributed by atoms with Gasteiger partial charge in [-0.15, -0.1) is 0 Å². The number of halogens is 1. The molecule has 0 aliphatic rings. The lowest BCUT2D eigenvalue weighted by molar-refractivity contribution is 0.0929. The molecule has 0 bridgehead atoms. The molecule has 1 N–H and O–H groups in total. The van der Waals surface area contributed by atoms with Gasteiger partial charge in [-0.2, -0.15) is 5.10 Å². The third kappa shape index (κ3) is 5.36. The summed E-state index contributed by atoms with van der Waals surface area (Å²) in [4.78, 5) is 12.5. The minimum Gasteiger partial charge on any atom is -0.494 e. The second kappa shape index (κ2) is 10.2. The fourth-order valence-corrected chi connectivity index (χ4v) is 3.33. The van der Waals surface area contributed by atoms with Crippen molar-refractivity contribution < 1.29 is 18.7 Å². The molecule has 0 radical (unpaired) electrons. The molecule has 7 heteroatoms. The lowest BCUT2D eigenvalue weighted by Crippen LogP contribution is -2.16. The Morgan fingerprint density at radius 3 is 2.69 bits per heavy atom. The van der Waals surface area contributed by atoms with Gasteiger partial charge in [0.25, 0.3) is 0 Å². The molecule has 1 aromatic heterocycles. The van der Waals surface area contributed by atoms with Crippen molar-refractivity contribution in [2.45, 2.75) is 13.5 Å². The van der Waals surface area contributed by atoms with E-state index in [9.17, 15) is 4.79 Å². The van der Waals surface area contributed by atoms with Crippen molar-refractivity contribution in [3.63, 3.8) is 0 Å². The van der Waals surface area contributed by atoms with E-state index in [0.717, 1.165) is 26.7 Å². The average molecular weight is 493 g/mol. The highest BCUT2D eigenvalue weighted by Crippen LogP contribution is 2.24. The number of hydrogen-bond donors (Lipinski definition) is 1. The number of ether oxygens (including phenoxy) is 2. The second-order valence-electron chi connectivity index (χ2n) is 6.90. The lowest BCUT2D eigenvalue weighted by Gasteiger charge is -2.09. The molecule has 4 rings (SSSR count). The topological polar surface area (TPSA) is 73.1 Å². The van der Waals surface area contributed by atoms with Gasteiger partial charge in [0.15, 0.2) is 5.76 Å². The molecule has 1 heterocycles. The lowest BCUT2D eigenvalue weighted by atomic mass is 10.2. The van der Waals surface area contributed by atoms with Crippen LogP contribution in [0.4, 0.5) is 0 Å². The largest absolute Gasteiger partial charge is 0.494 e. The molecule has 0 unspecified atom stereocenters. The molecule has 0 spiro atoms. The summed E-state index contributed by atoms with van der Waals surface area (Å²) in [5.74, 6) is 1.13. The van der Waals surface area contributed by atoms with Crippen LogP contribution in [0.3, 0.4) is 0 Å². The number of carbonyl (C=O) groups is 1. The van der Waals surface area contributed by atoms with Crippen molar-refractivity contribution in [3.05, 3.63) is 94.2 Å². The van der Waals surface area contributed by atoms with E-state index >= 15 is 0 Å². The Balaban J connectivity index is 1.41. The van der Waals surface area contributed by atoms with Gasteiger partial charge in [0.05, 0.1) is 12.8 Å². The van der Waals surface area contributed by atoms with Crippen molar-refractivity contribution in [2.24, 2.45) is 5.10 Å². The van der Waals surface area contributed by atoms with Gasteiger partial charge < -0.3 is 13.9 Å². The summed E-state index contributed by atoms with van der Waals surface area (Å²) in [6, 6.07) is 22.5. The van der Waals surface area contributed by atoms with Crippen molar-refractivity contribution >= 4 is 39.0 Å². The Morgan fingerprint density at radius 1 is 1.06 bits per heavy atom. The number of amides is 1. The predicted molar refractivity (Wildman–Crippen MR) is 127 cm³/mol. The van der Waals surface area contributed by atoms with Crippen LogP contribution in [0.2, 0.25) is 0 Å². The first-order chi connectivity index (χ1) is 15.6. The number of fused-ring (bicyclic) bond motifs is 1. The van der Waals surface area contributed by atoms with Gasteiger partial charge in [0.1, 0.15) is 23.7 Å². The zero-order chi connectivity index (χ0) is 22.3. The normalized spacial score (nSPS) is 11.1. The molecule has 0 aliphatic heterocycles. The van der Waals surface area contributed by atoms with Crippen LogP contribution >= 0.6 is 15.9 Å². The Morgan fingerprint density at radius 2 is 1.88 bits per heavy atom. The first-order valence-corrected chi connectivity index (χ1v) is 10.9. The average Bonchev–Trinajstić information content (AvgIpc) is 3.23. The number of nitrogens with zero attached hydrogens (tertiary/aromatic N) is 1. The summed E-state index contributed by atoms with van der Waals surface area (Å²) >= 11 is 3.42. The van der Waals surface area contributed by atoms with Crippen LogP contribution in [0.1, 0.15) is 28.6 Å². The Bertz CT molecular complexity index is 1250. The Kier molecular flexibility index (Phi) is 6.87. The fraction of sp³-hybridized carbons (Fsp3) is 0.120. The first kappa shape index (κ1) is 21.6. The number of furan rings is 1. The van der Waals surface area contributed by atoms with E-state index in [1.165, 1.54) is 0 Å². The van der Waals surface area contributed by atoms with Gasteiger partial charge >= 0.3 is 5.91 Å². The molecule has 0 aliphatic carbocycles. The first-order valence-electron chi connectivity index (χ1n) is 10.1. The van der Waals surface area contributed by atoms with Gasteiger partial charge in [-0.3, -0.25) is 4.79 Å². The molecule has 0 saturated carbocycles. The summed E-state index contributed by atoms with van der Waals surface area (Å²) in [7, 11) is 0. The molecule has 0 atom stereocenters. The van der Waals surface area contributed by atoms with Crippen LogP contribution < -0.4 is 14.9 Å². The van der Waals surface area contributed by atoms with E-state index in [1.807, 2.05) is 61.5 Å². The van der Waals surface area contributed by atoms with Crippen molar-refractivity contribution in [2.75, 3.05) is 6.61 Å². The van der Waals surface area contributed by atoms with Gasteiger partial charge in [0.2, 0.25) is 0 Å². The molecule has 162 valence electrons. The summed E-state index contributed by atoms with van der Waals surface area (Å²) < 4.78 is 18.0. The van der Waals surface area contributed by atoms with E-state index < -0.39 is 5.91 Å². The number of carbonyl (C=O) groups excluding carboxylic acids is 1. The number of nitrogens with one attached hydrogen (secondary N) is 1. The monoisotopic (exact) mass is 492 g/mol. The van der Waals surface area contributed by atoms with Crippen molar-refractivity contribution in [1.82, 2.24) is 5.43 Å². The summed E-state index contributed by atoms with van der Waals surface area (Å²) in [6.07, 6.45) is 1.55. The molecule has 0 saturated heterocycles. The van der Waals surface area contributed by atoms with Crippen molar-refractivity contribution in [3.8, 4) is 11.5 Å². The third-order valence-electron chi connectivity index (χ3n) is 4.62. The van der Waals surface area contributed by atoms with Crippen LogP contribution in [0.15, 0.2) is 86.8 Å². The van der Waals surface area contributed by atoms with Crippen LogP contribution in [0.5, 0.6) is 11.5 Å². The second-order valence-corrected chi connectivity index (χ2v) is 7.81. The van der Waals surface area contributed by atoms with Crippen LogP contribution in [0.25, 0.3) is 11.0 Å². The third-order valence-corrected chi connectivity index (χ3v) is 5.15. The maximum atomic E-state index is 12.5. The van der Waals surface area contributed by atoms with Crippen LogP contribution in [-0.2, 0) is 6.61 Å².